The molecule has 16 heavy (non-hydrogen) atoms. The molecule has 0 aliphatic heterocycles. The first-order valence-corrected chi connectivity index (χ1v) is 4.94. The van der Waals surface area contributed by atoms with Gasteiger partial charge >= 0.3 is 5.97 Å². The van der Waals surface area contributed by atoms with Crippen molar-refractivity contribution in [1.82, 2.24) is 4.98 Å². The number of hydrogen-bond acceptors (Lipinski definition) is 2. The summed E-state index contributed by atoms with van der Waals surface area (Å²) in [5.74, 6) is -0.946. The van der Waals surface area contributed by atoms with Gasteiger partial charge in [-0.05, 0) is 30.7 Å². The summed E-state index contributed by atoms with van der Waals surface area (Å²) in [5.41, 5.74) is 2.64. The van der Waals surface area contributed by atoms with Crippen molar-refractivity contribution in [3.63, 3.8) is 0 Å². The number of rotatable bonds is 2. The molecule has 80 valence electrons. The molecule has 0 aliphatic rings. The van der Waals surface area contributed by atoms with E-state index >= 15 is 0 Å². The molecule has 1 aromatic heterocycles. The van der Waals surface area contributed by atoms with E-state index in [0.717, 1.165) is 28.2 Å². The molecule has 0 spiro atoms. The average Bonchev–Trinajstić information content (AvgIpc) is 2.25. The molecule has 0 radical (unpaired) electrons. The minimum absolute atomic E-state index is 0.878. The minimum atomic E-state index is -0.946. The van der Waals surface area contributed by atoms with E-state index in [0.29, 0.717) is 0 Å². The molecule has 0 saturated carbocycles. The fourth-order valence-corrected chi connectivity index (χ4v) is 1.64. The minimum Gasteiger partial charge on any atom is -0.478 e. The number of carboxylic acids is 1. The lowest BCUT2D eigenvalue weighted by Gasteiger charge is -2.03. The Morgan fingerprint density at radius 2 is 2.12 bits per heavy atom. The Kier molecular flexibility index (Phi) is 2.68. The highest BCUT2D eigenvalue weighted by Gasteiger charge is 2.00. The maximum absolute atomic E-state index is 10.5. The Morgan fingerprint density at radius 1 is 1.38 bits per heavy atom. The van der Waals surface area contributed by atoms with E-state index in [2.05, 4.69) is 4.98 Å². The molecule has 0 amide bonds. The highest BCUT2D eigenvalue weighted by molar-refractivity contribution is 5.92. The molecule has 0 unspecified atom stereocenters. The molecule has 0 bridgehead atoms. The number of aryl methyl sites for hydroxylation is 1. The fraction of sp³-hybridized carbons (Fsp3) is 0.0769. The van der Waals surface area contributed by atoms with Crippen molar-refractivity contribution in [2.75, 3.05) is 0 Å². The van der Waals surface area contributed by atoms with Gasteiger partial charge in [-0.25, -0.2) is 4.79 Å². The van der Waals surface area contributed by atoms with Gasteiger partial charge in [-0.15, -0.1) is 0 Å². The van der Waals surface area contributed by atoms with Crippen molar-refractivity contribution in [3.8, 4) is 0 Å². The monoisotopic (exact) mass is 213 g/mol. The van der Waals surface area contributed by atoms with Crippen LogP contribution in [0.1, 0.15) is 11.3 Å². The molecule has 1 heterocycles. The molecule has 0 atom stereocenters. The SMILES string of the molecule is Cc1cc(C=CC(=O)O)c2ccccc2n1. The zero-order chi connectivity index (χ0) is 11.5. The van der Waals surface area contributed by atoms with E-state index in [1.807, 2.05) is 37.3 Å². The van der Waals surface area contributed by atoms with Gasteiger partial charge in [0.05, 0.1) is 5.52 Å². The Labute approximate surface area is 93.1 Å². The van der Waals surface area contributed by atoms with Crippen LogP contribution in [0.3, 0.4) is 0 Å². The largest absolute Gasteiger partial charge is 0.478 e. The quantitative estimate of drug-likeness (QED) is 0.780. The summed E-state index contributed by atoms with van der Waals surface area (Å²) < 4.78 is 0. The number of carbonyl (C=O) groups is 1. The van der Waals surface area contributed by atoms with E-state index in [1.54, 1.807) is 6.08 Å². The highest BCUT2D eigenvalue weighted by atomic mass is 16.4. The van der Waals surface area contributed by atoms with E-state index < -0.39 is 5.97 Å². The smallest absolute Gasteiger partial charge is 0.328 e. The number of aromatic nitrogens is 1. The number of benzene rings is 1. The fourth-order valence-electron chi connectivity index (χ4n) is 1.64. The van der Waals surface area contributed by atoms with Crippen LogP contribution in [0.15, 0.2) is 36.4 Å². The first kappa shape index (κ1) is 10.4. The Balaban J connectivity index is 2.63. The molecule has 1 N–H and O–H groups in total. The zero-order valence-corrected chi connectivity index (χ0v) is 8.84. The second-order valence-corrected chi connectivity index (χ2v) is 3.54. The number of hydrogen-bond donors (Lipinski definition) is 1. The molecule has 0 fully saturated rings. The lowest BCUT2D eigenvalue weighted by atomic mass is 10.1. The van der Waals surface area contributed by atoms with Crippen LogP contribution < -0.4 is 0 Å². The molecular weight excluding hydrogens is 202 g/mol. The first-order valence-electron chi connectivity index (χ1n) is 4.94. The first-order chi connectivity index (χ1) is 7.66. The maximum atomic E-state index is 10.5. The number of pyridine rings is 1. The number of fused-ring (bicyclic) bond motifs is 1. The van der Waals surface area contributed by atoms with Crippen LogP contribution in [-0.2, 0) is 4.79 Å². The van der Waals surface area contributed by atoms with Gasteiger partial charge in [-0.1, -0.05) is 18.2 Å². The number of para-hydroxylation sites is 1. The van der Waals surface area contributed by atoms with Crippen molar-refractivity contribution in [2.24, 2.45) is 0 Å². The van der Waals surface area contributed by atoms with Gasteiger partial charge in [0.25, 0.3) is 0 Å². The van der Waals surface area contributed by atoms with Crippen molar-refractivity contribution in [1.29, 1.82) is 0 Å². The molecule has 0 aliphatic carbocycles. The third kappa shape index (κ3) is 2.08. The van der Waals surface area contributed by atoms with Crippen molar-refractivity contribution < 1.29 is 9.90 Å². The van der Waals surface area contributed by atoms with Gasteiger partial charge in [0, 0.05) is 17.2 Å². The van der Waals surface area contributed by atoms with Crippen LogP contribution in [0, 0.1) is 6.92 Å². The summed E-state index contributed by atoms with van der Waals surface area (Å²) in [6.45, 7) is 1.89. The molecular formula is C13H11NO2. The number of aliphatic carboxylic acids is 1. The summed E-state index contributed by atoms with van der Waals surface area (Å²) >= 11 is 0. The van der Waals surface area contributed by atoms with Gasteiger partial charge in [-0.2, -0.15) is 0 Å². The van der Waals surface area contributed by atoms with Gasteiger partial charge in [-0.3, -0.25) is 4.98 Å². The summed E-state index contributed by atoms with van der Waals surface area (Å²) in [4.78, 5) is 14.9. The summed E-state index contributed by atoms with van der Waals surface area (Å²) in [7, 11) is 0. The van der Waals surface area contributed by atoms with Crippen LogP contribution in [-0.4, -0.2) is 16.1 Å². The number of carboxylic acid groups (broad SMARTS) is 1. The van der Waals surface area contributed by atoms with Crippen molar-refractivity contribution in [3.05, 3.63) is 47.7 Å². The second-order valence-electron chi connectivity index (χ2n) is 3.54. The predicted molar refractivity (Wildman–Crippen MR) is 63.1 cm³/mol. The molecule has 2 aromatic rings. The molecule has 1 aromatic carbocycles. The van der Waals surface area contributed by atoms with E-state index in [9.17, 15) is 4.79 Å². The lowest BCUT2D eigenvalue weighted by Crippen LogP contribution is -1.89. The van der Waals surface area contributed by atoms with E-state index in [1.165, 1.54) is 0 Å². The molecule has 3 nitrogen and oxygen atoms in total. The summed E-state index contributed by atoms with van der Waals surface area (Å²) in [6.07, 6.45) is 2.74. The van der Waals surface area contributed by atoms with Gasteiger partial charge in [0.1, 0.15) is 0 Å². The van der Waals surface area contributed by atoms with Crippen LogP contribution in [0.5, 0.6) is 0 Å². The van der Waals surface area contributed by atoms with E-state index in [-0.39, 0.29) is 0 Å². The molecule has 0 saturated heterocycles. The lowest BCUT2D eigenvalue weighted by molar-refractivity contribution is -0.131. The molecule has 3 heteroatoms. The summed E-state index contributed by atoms with van der Waals surface area (Å²) in [6, 6.07) is 9.56. The third-order valence-electron chi connectivity index (χ3n) is 2.28. The number of nitrogens with zero attached hydrogens (tertiary/aromatic N) is 1. The average molecular weight is 213 g/mol. The normalized spacial score (nSPS) is 11.1. The Hall–Kier alpha value is -2.16. The zero-order valence-electron chi connectivity index (χ0n) is 8.84. The second kappa shape index (κ2) is 4.14. The van der Waals surface area contributed by atoms with Crippen LogP contribution in [0.4, 0.5) is 0 Å². The van der Waals surface area contributed by atoms with Crippen LogP contribution in [0.25, 0.3) is 17.0 Å². The van der Waals surface area contributed by atoms with Gasteiger partial charge in [0.15, 0.2) is 0 Å². The van der Waals surface area contributed by atoms with Crippen LogP contribution >= 0.6 is 0 Å². The predicted octanol–water partition coefficient (Wildman–Crippen LogP) is 2.64. The topological polar surface area (TPSA) is 50.2 Å². The molecule has 2 rings (SSSR count). The van der Waals surface area contributed by atoms with Gasteiger partial charge < -0.3 is 5.11 Å². The van der Waals surface area contributed by atoms with Gasteiger partial charge in [0.2, 0.25) is 0 Å². The Morgan fingerprint density at radius 3 is 2.88 bits per heavy atom. The van der Waals surface area contributed by atoms with Crippen LogP contribution in [0.2, 0.25) is 0 Å². The van der Waals surface area contributed by atoms with E-state index in [4.69, 9.17) is 5.11 Å². The van der Waals surface area contributed by atoms with Crippen molar-refractivity contribution >= 4 is 22.9 Å². The summed E-state index contributed by atoms with van der Waals surface area (Å²) in [5, 5.41) is 9.58. The maximum Gasteiger partial charge on any atom is 0.328 e. The standard InChI is InChI=1S/C13H11NO2/c1-9-8-10(6-7-13(15)16)11-4-2-3-5-12(11)14-9/h2-8H,1H3,(H,15,16). The highest BCUT2D eigenvalue weighted by Crippen LogP contribution is 2.19. The van der Waals surface area contributed by atoms with Crippen molar-refractivity contribution in [2.45, 2.75) is 6.92 Å². The Bertz CT molecular complexity index is 573. The third-order valence-corrected chi connectivity index (χ3v) is 2.28.